The van der Waals surface area contributed by atoms with Crippen LogP contribution in [0, 0.1) is 0 Å². The zero-order valence-corrected chi connectivity index (χ0v) is 15.0. The van der Waals surface area contributed by atoms with E-state index >= 15 is 0 Å². The molecule has 3 amide bonds. The Bertz CT molecular complexity index is 921. The molecule has 0 fully saturated rings. The van der Waals surface area contributed by atoms with Crippen molar-refractivity contribution < 1.29 is 14.4 Å². The van der Waals surface area contributed by atoms with Crippen molar-refractivity contribution in [3.05, 3.63) is 71.8 Å². The summed E-state index contributed by atoms with van der Waals surface area (Å²) in [5.41, 5.74) is 3.65. The van der Waals surface area contributed by atoms with Gasteiger partial charge in [-0.05, 0) is 48.7 Å². The van der Waals surface area contributed by atoms with Crippen LogP contribution in [-0.4, -0.2) is 17.7 Å². The van der Waals surface area contributed by atoms with Gasteiger partial charge in [0.15, 0.2) is 0 Å². The van der Waals surface area contributed by atoms with Gasteiger partial charge in [0.05, 0.1) is 17.3 Å². The van der Waals surface area contributed by atoms with E-state index in [9.17, 15) is 14.4 Å². The first kappa shape index (κ1) is 18.4. The molecule has 1 atom stereocenters. The summed E-state index contributed by atoms with van der Waals surface area (Å²) in [6, 6.07) is 12.3. The molecule has 6 heteroatoms. The summed E-state index contributed by atoms with van der Waals surface area (Å²) in [5, 5.41) is 8.45. The highest BCUT2D eigenvalue weighted by Gasteiger charge is 2.19. The fourth-order valence-electron chi connectivity index (χ4n) is 3.00. The van der Waals surface area contributed by atoms with E-state index in [2.05, 4.69) is 22.5 Å². The van der Waals surface area contributed by atoms with E-state index in [0.29, 0.717) is 24.1 Å². The summed E-state index contributed by atoms with van der Waals surface area (Å²) < 4.78 is 0. The second-order valence-corrected chi connectivity index (χ2v) is 6.40. The zero-order valence-electron chi connectivity index (χ0n) is 15.0. The van der Waals surface area contributed by atoms with Crippen LogP contribution in [0.5, 0.6) is 0 Å². The van der Waals surface area contributed by atoms with Crippen molar-refractivity contribution in [1.29, 1.82) is 0 Å². The van der Waals surface area contributed by atoms with Gasteiger partial charge >= 0.3 is 0 Å². The zero-order chi connectivity index (χ0) is 19.4. The quantitative estimate of drug-likeness (QED) is 0.713. The third-order valence-electron chi connectivity index (χ3n) is 4.49. The average molecular weight is 363 g/mol. The number of carbonyl (C=O) groups is 3. The van der Waals surface area contributed by atoms with Crippen molar-refractivity contribution in [2.24, 2.45) is 0 Å². The minimum atomic E-state index is -0.375. The average Bonchev–Trinajstić information content (AvgIpc) is 2.67. The molecule has 27 heavy (non-hydrogen) atoms. The van der Waals surface area contributed by atoms with Gasteiger partial charge in [-0.25, -0.2) is 0 Å². The van der Waals surface area contributed by atoms with Crippen LogP contribution in [0.15, 0.2) is 55.1 Å². The van der Waals surface area contributed by atoms with E-state index in [0.717, 1.165) is 22.9 Å². The van der Waals surface area contributed by atoms with Gasteiger partial charge in [-0.15, -0.1) is 0 Å². The van der Waals surface area contributed by atoms with Gasteiger partial charge in [-0.1, -0.05) is 30.8 Å². The second kappa shape index (κ2) is 7.86. The third-order valence-corrected chi connectivity index (χ3v) is 4.49. The van der Waals surface area contributed by atoms with Gasteiger partial charge in [-0.2, -0.15) is 0 Å². The van der Waals surface area contributed by atoms with Crippen molar-refractivity contribution in [3.8, 4) is 0 Å². The lowest BCUT2D eigenvalue weighted by Gasteiger charge is -2.21. The number of aryl methyl sites for hydroxylation is 1. The normalized spacial score (nSPS) is 13.7. The molecule has 0 saturated carbocycles. The van der Waals surface area contributed by atoms with Crippen molar-refractivity contribution in [2.75, 3.05) is 10.6 Å². The Labute approximate surface area is 157 Å². The molecule has 0 bridgehead atoms. The minimum Gasteiger partial charge on any atom is -0.345 e. The number of hydrogen-bond donors (Lipinski definition) is 3. The van der Waals surface area contributed by atoms with Crippen LogP contribution < -0.4 is 16.0 Å². The van der Waals surface area contributed by atoms with Gasteiger partial charge in [0.25, 0.3) is 5.91 Å². The summed E-state index contributed by atoms with van der Waals surface area (Å²) in [7, 11) is 0. The number of para-hydroxylation sites is 1. The Morgan fingerprint density at radius 2 is 1.96 bits per heavy atom. The Kier molecular flexibility index (Phi) is 5.35. The van der Waals surface area contributed by atoms with Crippen molar-refractivity contribution >= 4 is 29.1 Å². The number of amides is 3. The SMILES string of the molecule is C=CC(=O)Nc1ccccc1C(=O)NC(C)c1ccc2c(c1)CCC(=O)N2. The second-order valence-electron chi connectivity index (χ2n) is 6.40. The van der Waals surface area contributed by atoms with Gasteiger partial charge in [0.2, 0.25) is 11.8 Å². The lowest BCUT2D eigenvalue weighted by molar-refractivity contribution is -0.116. The molecule has 1 aliphatic rings. The van der Waals surface area contributed by atoms with E-state index in [1.165, 1.54) is 0 Å². The number of rotatable bonds is 5. The Morgan fingerprint density at radius 3 is 2.74 bits per heavy atom. The molecule has 3 rings (SSSR count). The monoisotopic (exact) mass is 363 g/mol. The highest BCUT2D eigenvalue weighted by atomic mass is 16.2. The van der Waals surface area contributed by atoms with Crippen LogP contribution >= 0.6 is 0 Å². The molecule has 0 spiro atoms. The largest absolute Gasteiger partial charge is 0.345 e. The highest BCUT2D eigenvalue weighted by molar-refractivity contribution is 6.06. The predicted molar refractivity (Wildman–Crippen MR) is 105 cm³/mol. The number of nitrogens with one attached hydrogen (secondary N) is 3. The van der Waals surface area contributed by atoms with Gasteiger partial charge in [-0.3, -0.25) is 14.4 Å². The molecule has 1 aliphatic heterocycles. The van der Waals surface area contributed by atoms with E-state index in [1.807, 2.05) is 25.1 Å². The number of fused-ring (bicyclic) bond motifs is 1. The first-order valence-electron chi connectivity index (χ1n) is 8.74. The van der Waals surface area contributed by atoms with Crippen LogP contribution in [-0.2, 0) is 16.0 Å². The maximum atomic E-state index is 12.7. The molecule has 0 saturated heterocycles. The van der Waals surface area contributed by atoms with Gasteiger partial charge in [0.1, 0.15) is 0 Å². The molecule has 0 radical (unpaired) electrons. The molecule has 0 aromatic heterocycles. The maximum Gasteiger partial charge on any atom is 0.253 e. The molecular formula is C21H21N3O3. The van der Waals surface area contributed by atoms with E-state index < -0.39 is 0 Å². The van der Waals surface area contributed by atoms with Crippen LogP contribution in [0.25, 0.3) is 0 Å². The molecule has 2 aromatic rings. The fraction of sp³-hybridized carbons (Fsp3) is 0.190. The summed E-state index contributed by atoms with van der Waals surface area (Å²) >= 11 is 0. The molecule has 2 aromatic carbocycles. The molecule has 6 nitrogen and oxygen atoms in total. The predicted octanol–water partition coefficient (Wildman–Crippen LogP) is 3.19. The van der Waals surface area contributed by atoms with E-state index in [-0.39, 0.29) is 23.8 Å². The highest BCUT2D eigenvalue weighted by Crippen LogP contribution is 2.26. The minimum absolute atomic E-state index is 0.0229. The Hall–Kier alpha value is -3.41. The molecule has 1 unspecified atom stereocenters. The summed E-state index contributed by atoms with van der Waals surface area (Å²) in [6.45, 7) is 5.32. The molecule has 0 aliphatic carbocycles. The number of benzene rings is 2. The van der Waals surface area contributed by atoms with Crippen LogP contribution in [0.1, 0.15) is 40.9 Å². The lowest BCUT2D eigenvalue weighted by atomic mass is 9.97. The maximum absolute atomic E-state index is 12.7. The third kappa shape index (κ3) is 4.23. The Morgan fingerprint density at radius 1 is 1.19 bits per heavy atom. The first-order chi connectivity index (χ1) is 13.0. The molecule has 1 heterocycles. The summed E-state index contributed by atoms with van der Waals surface area (Å²) in [4.78, 5) is 35.7. The van der Waals surface area contributed by atoms with Gasteiger partial charge in [0, 0.05) is 12.1 Å². The van der Waals surface area contributed by atoms with Crippen molar-refractivity contribution in [2.45, 2.75) is 25.8 Å². The fourth-order valence-corrected chi connectivity index (χ4v) is 3.00. The van der Waals surface area contributed by atoms with E-state index in [1.54, 1.807) is 24.3 Å². The summed E-state index contributed by atoms with van der Waals surface area (Å²) in [6.07, 6.45) is 2.31. The number of anilines is 2. The smallest absolute Gasteiger partial charge is 0.253 e. The van der Waals surface area contributed by atoms with Crippen molar-refractivity contribution in [1.82, 2.24) is 5.32 Å². The molecule has 3 N–H and O–H groups in total. The first-order valence-corrected chi connectivity index (χ1v) is 8.74. The van der Waals surface area contributed by atoms with Crippen LogP contribution in [0.4, 0.5) is 11.4 Å². The van der Waals surface area contributed by atoms with Gasteiger partial charge < -0.3 is 16.0 Å². The summed E-state index contributed by atoms with van der Waals surface area (Å²) in [5.74, 6) is -0.636. The molecular weight excluding hydrogens is 342 g/mol. The number of carbonyl (C=O) groups excluding carboxylic acids is 3. The van der Waals surface area contributed by atoms with Crippen molar-refractivity contribution in [3.63, 3.8) is 0 Å². The molecule has 138 valence electrons. The number of hydrogen-bond acceptors (Lipinski definition) is 3. The van der Waals surface area contributed by atoms with Crippen LogP contribution in [0.2, 0.25) is 0 Å². The Balaban J connectivity index is 1.76. The standard InChI is InChI=1S/C21H21N3O3/c1-3-19(25)24-18-7-5-4-6-16(18)21(27)22-13(2)14-8-10-17-15(12-14)9-11-20(26)23-17/h3-8,10,12-13H,1,9,11H2,2H3,(H,22,27)(H,23,26)(H,24,25). The lowest BCUT2D eigenvalue weighted by Crippen LogP contribution is -2.28. The van der Waals surface area contributed by atoms with E-state index in [4.69, 9.17) is 0 Å². The topological polar surface area (TPSA) is 87.3 Å². The van der Waals surface area contributed by atoms with Crippen LogP contribution in [0.3, 0.4) is 0 Å².